The van der Waals surface area contributed by atoms with E-state index < -0.39 is 5.60 Å². The summed E-state index contributed by atoms with van der Waals surface area (Å²) >= 11 is 0. The number of fused-ring (bicyclic) bond motifs is 1. The van der Waals surface area contributed by atoms with Gasteiger partial charge in [0.2, 0.25) is 0 Å². The van der Waals surface area contributed by atoms with Crippen LogP contribution in [-0.2, 0) is 4.74 Å². The predicted molar refractivity (Wildman–Crippen MR) is 102 cm³/mol. The molecule has 1 saturated heterocycles. The van der Waals surface area contributed by atoms with Gasteiger partial charge in [0.1, 0.15) is 5.60 Å². The Hall–Kier alpha value is -2.07. The average Bonchev–Trinajstić information content (AvgIpc) is 2.59. The van der Waals surface area contributed by atoms with Gasteiger partial charge in [-0.1, -0.05) is 42.5 Å². The van der Waals surface area contributed by atoms with Crippen LogP contribution >= 0.6 is 0 Å². The Morgan fingerprint density at radius 3 is 2.32 bits per heavy atom. The van der Waals surface area contributed by atoms with E-state index in [1.165, 1.54) is 16.3 Å². The molecule has 3 rings (SSSR count). The van der Waals surface area contributed by atoms with E-state index in [1.54, 1.807) is 0 Å². The fraction of sp³-hybridized carbons (Fsp3) is 0.476. The van der Waals surface area contributed by atoms with Gasteiger partial charge in [-0.15, -0.1) is 0 Å². The molecule has 2 aromatic carbocycles. The van der Waals surface area contributed by atoms with Crippen LogP contribution in [0.1, 0.15) is 39.3 Å². The fourth-order valence-corrected chi connectivity index (χ4v) is 3.43. The van der Waals surface area contributed by atoms with Gasteiger partial charge in [0, 0.05) is 32.2 Å². The summed E-state index contributed by atoms with van der Waals surface area (Å²) in [6, 6.07) is 15.4. The van der Waals surface area contributed by atoms with E-state index in [0.29, 0.717) is 19.1 Å². The molecule has 1 amide bonds. The highest BCUT2D eigenvalue weighted by Crippen LogP contribution is 2.28. The lowest BCUT2D eigenvalue weighted by molar-refractivity contribution is 0.0111. The smallest absolute Gasteiger partial charge is 0.410 e. The van der Waals surface area contributed by atoms with Crippen LogP contribution in [0.25, 0.3) is 10.8 Å². The van der Waals surface area contributed by atoms with Crippen LogP contribution in [0.3, 0.4) is 0 Å². The molecule has 0 aromatic heterocycles. The van der Waals surface area contributed by atoms with Crippen LogP contribution in [-0.4, -0.2) is 47.7 Å². The van der Waals surface area contributed by atoms with Crippen molar-refractivity contribution in [2.24, 2.45) is 0 Å². The number of nitrogens with zero attached hydrogens (tertiary/aromatic N) is 2. The van der Waals surface area contributed by atoms with E-state index in [1.807, 2.05) is 25.7 Å². The molecule has 2 aromatic rings. The molecular formula is C21H28N2O2. The van der Waals surface area contributed by atoms with Crippen molar-refractivity contribution in [2.45, 2.75) is 39.3 Å². The highest BCUT2D eigenvalue weighted by molar-refractivity contribution is 5.86. The van der Waals surface area contributed by atoms with Gasteiger partial charge in [0.25, 0.3) is 0 Å². The Bertz CT molecular complexity index is 738. The maximum absolute atomic E-state index is 12.2. The Kier molecular flexibility index (Phi) is 5.00. The molecule has 0 radical (unpaired) electrons. The largest absolute Gasteiger partial charge is 0.444 e. The average molecular weight is 340 g/mol. The molecule has 25 heavy (non-hydrogen) atoms. The summed E-state index contributed by atoms with van der Waals surface area (Å²) in [4.78, 5) is 16.5. The highest BCUT2D eigenvalue weighted by atomic mass is 16.6. The minimum absolute atomic E-state index is 0.204. The van der Waals surface area contributed by atoms with Crippen molar-refractivity contribution >= 4 is 16.9 Å². The van der Waals surface area contributed by atoms with Crippen molar-refractivity contribution in [1.82, 2.24) is 9.80 Å². The number of carbonyl (C=O) groups excluding carboxylic acids is 1. The molecule has 0 spiro atoms. The molecule has 4 heteroatoms. The lowest BCUT2D eigenvalue weighted by atomic mass is 9.98. The Morgan fingerprint density at radius 2 is 1.64 bits per heavy atom. The van der Waals surface area contributed by atoms with Gasteiger partial charge in [-0.2, -0.15) is 0 Å². The monoisotopic (exact) mass is 340 g/mol. The molecule has 1 atom stereocenters. The molecular weight excluding hydrogens is 312 g/mol. The molecule has 134 valence electrons. The predicted octanol–water partition coefficient (Wildman–Crippen LogP) is 4.45. The van der Waals surface area contributed by atoms with E-state index in [-0.39, 0.29) is 6.09 Å². The molecule has 1 unspecified atom stereocenters. The van der Waals surface area contributed by atoms with Crippen LogP contribution in [0.4, 0.5) is 4.79 Å². The van der Waals surface area contributed by atoms with Crippen molar-refractivity contribution in [3.63, 3.8) is 0 Å². The fourth-order valence-electron chi connectivity index (χ4n) is 3.43. The SMILES string of the molecule is CC(c1cccc2ccccc12)N1CCN(C(=O)OC(C)(C)C)CC1. The second-order valence-electron chi connectivity index (χ2n) is 7.75. The molecule has 4 nitrogen and oxygen atoms in total. The van der Waals surface area contributed by atoms with Crippen LogP contribution in [0.15, 0.2) is 42.5 Å². The first-order valence-electron chi connectivity index (χ1n) is 9.05. The van der Waals surface area contributed by atoms with Gasteiger partial charge in [-0.05, 0) is 44.0 Å². The summed E-state index contributed by atoms with van der Waals surface area (Å²) in [7, 11) is 0. The van der Waals surface area contributed by atoms with Gasteiger partial charge < -0.3 is 9.64 Å². The molecule has 1 fully saturated rings. The topological polar surface area (TPSA) is 32.8 Å². The highest BCUT2D eigenvalue weighted by Gasteiger charge is 2.28. The van der Waals surface area contributed by atoms with Crippen LogP contribution in [0, 0.1) is 0 Å². The molecule has 1 aliphatic rings. The molecule has 1 aliphatic heterocycles. The normalized spacial score (nSPS) is 17.5. The zero-order valence-corrected chi connectivity index (χ0v) is 15.7. The number of ether oxygens (including phenoxy) is 1. The molecule has 0 aliphatic carbocycles. The second kappa shape index (κ2) is 7.04. The van der Waals surface area contributed by atoms with Crippen LogP contribution in [0.2, 0.25) is 0 Å². The summed E-state index contributed by atoms with van der Waals surface area (Å²) in [5.41, 5.74) is 0.911. The molecule has 0 saturated carbocycles. The van der Waals surface area contributed by atoms with E-state index >= 15 is 0 Å². The summed E-state index contributed by atoms with van der Waals surface area (Å²) < 4.78 is 5.48. The summed E-state index contributed by atoms with van der Waals surface area (Å²) in [6.45, 7) is 11.1. The third-order valence-electron chi connectivity index (χ3n) is 4.79. The van der Waals surface area contributed by atoms with E-state index in [9.17, 15) is 4.79 Å². The van der Waals surface area contributed by atoms with Gasteiger partial charge in [0.05, 0.1) is 0 Å². The Labute approximate surface area is 150 Å². The first-order chi connectivity index (χ1) is 11.8. The van der Waals surface area contributed by atoms with E-state index in [4.69, 9.17) is 4.74 Å². The van der Waals surface area contributed by atoms with Gasteiger partial charge in [-0.3, -0.25) is 4.90 Å². The van der Waals surface area contributed by atoms with E-state index in [2.05, 4.69) is 54.3 Å². The zero-order chi connectivity index (χ0) is 18.0. The lowest BCUT2D eigenvalue weighted by Gasteiger charge is -2.38. The van der Waals surface area contributed by atoms with Crippen molar-refractivity contribution in [1.29, 1.82) is 0 Å². The van der Waals surface area contributed by atoms with Gasteiger partial charge in [0.15, 0.2) is 0 Å². The minimum Gasteiger partial charge on any atom is -0.444 e. The minimum atomic E-state index is -0.440. The summed E-state index contributed by atoms with van der Waals surface area (Å²) in [6.07, 6.45) is -0.204. The quantitative estimate of drug-likeness (QED) is 0.809. The van der Waals surface area contributed by atoms with Gasteiger partial charge in [-0.25, -0.2) is 4.79 Å². The Balaban J connectivity index is 1.67. The van der Waals surface area contributed by atoms with Crippen molar-refractivity contribution in [3.8, 4) is 0 Å². The number of hydrogen-bond acceptors (Lipinski definition) is 3. The number of rotatable bonds is 2. The van der Waals surface area contributed by atoms with Crippen LogP contribution < -0.4 is 0 Å². The number of hydrogen-bond donors (Lipinski definition) is 0. The number of amides is 1. The zero-order valence-electron chi connectivity index (χ0n) is 15.7. The third-order valence-corrected chi connectivity index (χ3v) is 4.79. The Morgan fingerprint density at radius 1 is 1.00 bits per heavy atom. The maximum atomic E-state index is 12.2. The molecule has 0 bridgehead atoms. The second-order valence-corrected chi connectivity index (χ2v) is 7.75. The molecule has 0 N–H and O–H groups in total. The molecule has 1 heterocycles. The summed E-state index contributed by atoms with van der Waals surface area (Å²) in [5.74, 6) is 0. The van der Waals surface area contributed by atoms with Crippen molar-refractivity contribution < 1.29 is 9.53 Å². The number of benzene rings is 2. The number of carbonyl (C=O) groups is 1. The first-order valence-corrected chi connectivity index (χ1v) is 9.05. The summed E-state index contributed by atoms with van der Waals surface area (Å²) in [5, 5.41) is 2.59. The number of piperazine rings is 1. The third kappa shape index (κ3) is 4.13. The first kappa shape index (κ1) is 17.7. The maximum Gasteiger partial charge on any atom is 0.410 e. The van der Waals surface area contributed by atoms with Crippen molar-refractivity contribution in [3.05, 3.63) is 48.0 Å². The van der Waals surface area contributed by atoms with Crippen LogP contribution in [0.5, 0.6) is 0 Å². The lowest BCUT2D eigenvalue weighted by Crippen LogP contribution is -2.50. The van der Waals surface area contributed by atoms with Gasteiger partial charge >= 0.3 is 6.09 Å². The van der Waals surface area contributed by atoms with E-state index in [0.717, 1.165) is 13.1 Å². The standard InChI is InChI=1S/C21H28N2O2/c1-16(18-11-7-9-17-8-5-6-10-19(17)18)22-12-14-23(15-13-22)20(24)25-21(2,3)4/h5-11,16H,12-15H2,1-4H3. The van der Waals surface area contributed by atoms with Crippen molar-refractivity contribution in [2.75, 3.05) is 26.2 Å².